The first-order chi connectivity index (χ1) is 9.95. The number of fused-ring (bicyclic) bond motifs is 1. The molecule has 0 fully saturated rings. The highest BCUT2D eigenvalue weighted by Gasteiger charge is 2.29. The summed E-state index contributed by atoms with van der Waals surface area (Å²) in [5, 5.41) is 21.5. The molecule has 21 heavy (non-hydrogen) atoms. The summed E-state index contributed by atoms with van der Waals surface area (Å²) in [7, 11) is 3.83. The van der Waals surface area contributed by atoms with Gasteiger partial charge in [0.2, 0.25) is 5.13 Å². The number of benzene rings is 1. The summed E-state index contributed by atoms with van der Waals surface area (Å²) in [4.78, 5) is 14.3. The zero-order valence-electron chi connectivity index (χ0n) is 11.1. The van der Waals surface area contributed by atoms with Gasteiger partial charge in [-0.3, -0.25) is 4.79 Å². The number of aliphatic hydroxyl groups is 1. The van der Waals surface area contributed by atoms with Crippen LogP contribution in [0.2, 0.25) is 0 Å². The summed E-state index contributed by atoms with van der Waals surface area (Å²) < 4.78 is 1.62. The highest BCUT2D eigenvalue weighted by molar-refractivity contribution is 9.10. The van der Waals surface area contributed by atoms with Gasteiger partial charge in [-0.1, -0.05) is 23.1 Å². The Kier molecular flexibility index (Phi) is 3.91. The van der Waals surface area contributed by atoms with Crippen LogP contribution in [-0.4, -0.2) is 35.3 Å². The van der Waals surface area contributed by atoms with Crippen LogP contribution in [0.15, 0.2) is 25.8 Å². The van der Waals surface area contributed by atoms with Gasteiger partial charge >= 0.3 is 0 Å². The minimum absolute atomic E-state index is 0.398. The third kappa shape index (κ3) is 2.78. The number of nitrogens with one attached hydrogen (secondary N) is 1. The Bertz CT molecular complexity index is 719. The van der Waals surface area contributed by atoms with Gasteiger partial charge in [-0.25, -0.2) is 0 Å². The first-order valence-corrected chi connectivity index (χ1v) is 8.39. The number of aromatic nitrogens is 2. The third-order valence-corrected chi connectivity index (χ3v) is 6.00. The van der Waals surface area contributed by atoms with Crippen molar-refractivity contribution in [2.45, 2.75) is 15.3 Å². The number of carbonyl (C=O) groups is 1. The Morgan fingerprint density at radius 3 is 2.86 bits per heavy atom. The zero-order valence-corrected chi connectivity index (χ0v) is 14.3. The van der Waals surface area contributed by atoms with Gasteiger partial charge in [0.15, 0.2) is 10.4 Å². The number of rotatable bonds is 3. The van der Waals surface area contributed by atoms with Crippen molar-refractivity contribution in [1.82, 2.24) is 10.2 Å². The molecule has 0 spiro atoms. The molecule has 1 aromatic carbocycles. The molecule has 1 atom stereocenters. The number of aliphatic hydroxyl groups excluding tert-OH is 1. The van der Waals surface area contributed by atoms with Crippen LogP contribution in [0.3, 0.4) is 0 Å². The Labute approximate surface area is 137 Å². The van der Waals surface area contributed by atoms with E-state index < -0.39 is 12.0 Å². The topological polar surface area (TPSA) is 78.3 Å². The van der Waals surface area contributed by atoms with Crippen molar-refractivity contribution >= 4 is 55.8 Å². The van der Waals surface area contributed by atoms with E-state index in [1.165, 1.54) is 23.1 Å². The quantitative estimate of drug-likeness (QED) is 0.843. The van der Waals surface area contributed by atoms with Crippen LogP contribution < -0.4 is 10.2 Å². The number of halogens is 1. The SMILES string of the molecule is CN(C)c1nnc(Sc2cc3c(cc2Br)C(O)C(=O)N3)s1. The Morgan fingerprint density at radius 2 is 2.19 bits per heavy atom. The Hall–Kier alpha value is -1.16. The second kappa shape index (κ2) is 5.56. The van der Waals surface area contributed by atoms with E-state index in [0.717, 1.165) is 18.8 Å². The monoisotopic (exact) mass is 386 g/mol. The van der Waals surface area contributed by atoms with Crippen LogP contribution in [0.25, 0.3) is 0 Å². The van der Waals surface area contributed by atoms with Crippen LogP contribution in [0.1, 0.15) is 11.7 Å². The van der Waals surface area contributed by atoms with Gasteiger partial charge < -0.3 is 15.3 Å². The minimum atomic E-state index is -1.10. The predicted octanol–water partition coefficient (Wildman–Crippen LogP) is 2.50. The van der Waals surface area contributed by atoms with Crippen molar-refractivity contribution in [2.75, 3.05) is 24.3 Å². The van der Waals surface area contributed by atoms with E-state index in [9.17, 15) is 9.90 Å². The fraction of sp³-hybridized carbons (Fsp3) is 0.250. The average molecular weight is 387 g/mol. The zero-order chi connectivity index (χ0) is 15.1. The molecule has 2 aromatic rings. The third-order valence-electron chi connectivity index (χ3n) is 2.88. The van der Waals surface area contributed by atoms with Gasteiger partial charge in [-0.05, 0) is 28.1 Å². The van der Waals surface area contributed by atoms with Gasteiger partial charge in [-0.15, -0.1) is 10.2 Å². The van der Waals surface area contributed by atoms with Gasteiger partial charge in [0.05, 0.1) is 0 Å². The molecule has 6 nitrogen and oxygen atoms in total. The highest BCUT2D eigenvalue weighted by atomic mass is 79.9. The van der Waals surface area contributed by atoms with Crippen molar-refractivity contribution < 1.29 is 9.90 Å². The van der Waals surface area contributed by atoms with E-state index in [0.29, 0.717) is 11.3 Å². The van der Waals surface area contributed by atoms with Crippen molar-refractivity contribution in [3.8, 4) is 0 Å². The van der Waals surface area contributed by atoms with E-state index in [4.69, 9.17) is 0 Å². The van der Waals surface area contributed by atoms with Crippen LogP contribution >= 0.6 is 39.0 Å². The summed E-state index contributed by atoms with van der Waals surface area (Å²) >= 11 is 6.41. The average Bonchev–Trinajstić information content (AvgIpc) is 2.99. The maximum atomic E-state index is 11.5. The first-order valence-electron chi connectivity index (χ1n) is 5.97. The maximum absolute atomic E-state index is 11.5. The molecule has 0 saturated carbocycles. The van der Waals surface area contributed by atoms with Crippen LogP contribution in [0, 0.1) is 0 Å². The fourth-order valence-electron chi connectivity index (χ4n) is 1.84. The van der Waals surface area contributed by atoms with Gasteiger partial charge in [0.1, 0.15) is 0 Å². The molecule has 2 heterocycles. The van der Waals surface area contributed by atoms with Crippen LogP contribution in [-0.2, 0) is 4.79 Å². The molecule has 9 heteroatoms. The van der Waals surface area contributed by atoms with Crippen molar-refractivity contribution in [2.24, 2.45) is 0 Å². The molecular formula is C12H11BrN4O2S2. The molecule has 0 saturated heterocycles. The smallest absolute Gasteiger partial charge is 0.257 e. The van der Waals surface area contributed by atoms with E-state index in [2.05, 4.69) is 31.4 Å². The number of anilines is 2. The fourth-order valence-corrected chi connectivity index (χ4v) is 4.21. The molecular weight excluding hydrogens is 376 g/mol. The molecule has 1 unspecified atom stereocenters. The first kappa shape index (κ1) is 14.8. The summed E-state index contributed by atoms with van der Waals surface area (Å²) in [6, 6.07) is 3.59. The van der Waals surface area contributed by atoms with Crippen molar-refractivity contribution in [3.05, 3.63) is 22.2 Å². The number of carbonyl (C=O) groups excluding carboxylic acids is 1. The van der Waals surface area contributed by atoms with Gasteiger partial charge in [0, 0.05) is 34.7 Å². The van der Waals surface area contributed by atoms with Crippen LogP contribution in [0.5, 0.6) is 0 Å². The van der Waals surface area contributed by atoms with E-state index in [1.54, 1.807) is 6.07 Å². The second-order valence-corrected chi connectivity index (χ2v) is 7.71. The number of hydrogen-bond donors (Lipinski definition) is 2. The molecule has 0 aliphatic carbocycles. The lowest BCUT2D eigenvalue weighted by atomic mass is 10.1. The molecule has 1 aliphatic heterocycles. The van der Waals surface area contributed by atoms with Gasteiger partial charge in [0.25, 0.3) is 5.91 Å². The molecule has 0 bridgehead atoms. The molecule has 1 aromatic heterocycles. The lowest BCUT2D eigenvalue weighted by Crippen LogP contribution is -2.10. The lowest BCUT2D eigenvalue weighted by Gasteiger charge is -2.06. The molecule has 1 aliphatic rings. The Morgan fingerprint density at radius 1 is 1.43 bits per heavy atom. The molecule has 3 rings (SSSR count). The summed E-state index contributed by atoms with van der Waals surface area (Å²) in [6.45, 7) is 0. The molecule has 110 valence electrons. The normalized spacial score (nSPS) is 16.8. The lowest BCUT2D eigenvalue weighted by molar-refractivity contribution is -0.123. The largest absolute Gasteiger partial charge is 0.378 e. The molecule has 2 N–H and O–H groups in total. The Balaban J connectivity index is 1.89. The number of amides is 1. The van der Waals surface area contributed by atoms with E-state index in [1.807, 2.05) is 25.1 Å². The summed E-state index contributed by atoms with van der Waals surface area (Å²) in [6.07, 6.45) is -1.10. The molecule has 1 amide bonds. The van der Waals surface area contributed by atoms with Crippen molar-refractivity contribution in [3.63, 3.8) is 0 Å². The highest BCUT2D eigenvalue weighted by Crippen LogP contribution is 2.42. The standard InChI is InChI=1S/C12H11BrN4O2S2/c1-17(2)11-15-16-12(21-11)20-8-4-7-5(3-6(8)13)9(18)10(19)14-7/h3-4,9,18H,1-2H3,(H,14,19). The second-order valence-electron chi connectivity index (χ2n) is 4.61. The maximum Gasteiger partial charge on any atom is 0.257 e. The number of hydrogen-bond acceptors (Lipinski definition) is 7. The van der Waals surface area contributed by atoms with E-state index >= 15 is 0 Å². The van der Waals surface area contributed by atoms with E-state index in [-0.39, 0.29) is 0 Å². The number of nitrogens with zero attached hydrogens (tertiary/aromatic N) is 3. The molecule has 0 radical (unpaired) electrons. The van der Waals surface area contributed by atoms with Crippen LogP contribution in [0.4, 0.5) is 10.8 Å². The summed E-state index contributed by atoms with van der Waals surface area (Å²) in [5.41, 5.74) is 1.22. The predicted molar refractivity (Wildman–Crippen MR) is 86.1 cm³/mol. The van der Waals surface area contributed by atoms with Crippen molar-refractivity contribution in [1.29, 1.82) is 0 Å². The minimum Gasteiger partial charge on any atom is -0.378 e. The summed E-state index contributed by atoms with van der Waals surface area (Å²) in [5.74, 6) is -0.398. The van der Waals surface area contributed by atoms with Gasteiger partial charge in [-0.2, -0.15) is 0 Å².